The maximum absolute atomic E-state index is 14.4. The summed E-state index contributed by atoms with van der Waals surface area (Å²) in [6, 6.07) is 5.54. The molecule has 2 aliphatic carbocycles. The van der Waals surface area contributed by atoms with E-state index in [4.69, 9.17) is 0 Å². The number of amides is 1. The standard InChI is InChI=1S/C25H31F2N3O2/c1-5-30(21(32)14-31)24(3,4)25(17-12-15(17)2)11-7-8-16-13-20(28-29-23(16)25)22-18(26)9-6-10-19(22)27/h6,9-10,13,15,17,31H,5,7-8,11-12,14H2,1-4H3/t15?,17?,25-/m1/s1. The van der Waals surface area contributed by atoms with E-state index in [0.29, 0.717) is 18.4 Å². The molecule has 2 unspecified atom stereocenters. The highest BCUT2D eigenvalue weighted by Crippen LogP contribution is 2.61. The summed E-state index contributed by atoms with van der Waals surface area (Å²) in [6.07, 6.45) is 3.50. The van der Waals surface area contributed by atoms with Crippen LogP contribution in [0.25, 0.3) is 11.3 Å². The van der Waals surface area contributed by atoms with Gasteiger partial charge in [-0.2, -0.15) is 10.2 Å². The minimum absolute atomic E-state index is 0.163. The van der Waals surface area contributed by atoms with Gasteiger partial charge in [0.1, 0.15) is 18.2 Å². The minimum Gasteiger partial charge on any atom is -0.387 e. The third-order valence-electron chi connectivity index (χ3n) is 7.79. The third-order valence-corrected chi connectivity index (χ3v) is 7.79. The van der Waals surface area contributed by atoms with Crippen molar-refractivity contribution in [3.63, 3.8) is 0 Å². The molecule has 1 saturated carbocycles. The molecule has 0 saturated heterocycles. The molecule has 0 radical (unpaired) electrons. The first kappa shape index (κ1) is 22.8. The summed E-state index contributed by atoms with van der Waals surface area (Å²) in [6.45, 7) is 8.15. The van der Waals surface area contributed by atoms with Crippen molar-refractivity contribution in [2.45, 2.75) is 64.3 Å². The number of fused-ring (bicyclic) bond motifs is 1. The topological polar surface area (TPSA) is 66.3 Å². The molecule has 0 aliphatic heterocycles. The van der Waals surface area contributed by atoms with E-state index in [0.717, 1.165) is 36.9 Å². The largest absolute Gasteiger partial charge is 0.387 e. The summed E-state index contributed by atoms with van der Waals surface area (Å²) in [5.41, 5.74) is 0.724. The molecule has 5 nitrogen and oxygen atoms in total. The Morgan fingerprint density at radius 2 is 1.94 bits per heavy atom. The first-order valence-corrected chi connectivity index (χ1v) is 11.4. The molecule has 4 rings (SSSR count). The molecule has 3 atom stereocenters. The number of benzene rings is 1. The van der Waals surface area contributed by atoms with Crippen LogP contribution in [-0.4, -0.2) is 44.8 Å². The summed E-state index contributed by atoms with van der Waals surface area (Å²) >= 11 is 0. The van der Waals surface area contributed by atoms with E-state index in [1.807, 2.05) is 6.92 Å². The van der Waals surface area contributed by atoms with E-state index in [2.05, 4.69) is 31.0 Å². The maximum Gasteiger partial charge on any atom is 0.248 e. The number of rotatable bonds is 6. The lowest BCUT2D eigenvalue weighted by Gasteiger charge is -2.54. The van der Waals surface area contributed by atoms with Crippen LogP contribution in [0.1, 0.15) is 58.2 Å². The second-order valence-electron chi connectivity index (χ2n) is 9.70. The van der Waals surface area contributed by atoms with Crippen molar-refractivity contribution in [3.05, 3.63) is 47.2 Å². The Balaban J connectivity index is 1.88. The molecular weight excluding hydrogens is 412 g/mol. The lowest BCUT2D eigenvalue weighted by Crippen LogP contribution is -2.63. The van der Waals surface area contributed by atoms with E-state index >= 15 is 0 Å². The molecule has 1 aromatic carbocycles. The lowest BCUT2D eigenvalue weighted by atomic mass is 9.58. The fraction of sp³-hybridized carbons (Fsp3) is 0.560. The molecule has 32 heavy (non-hydrogen) atoms. The molecule has 1 amide bonds. The lowest BCUT2D eigenvalue weighted by molar-refractivity contribution is -0.143. The van der Waals surface area contributed by atoms with E-state index in [9.17, 15) is 18.7 Å². The average molecular weight is 444 g/mol. The fourth-order valence-corrected chi connectivity index (χ4v) is 6.17. The molecule has 0 bridgehead atoms. The number of aliphatic hydroxyl groups excluding tert-OH is 1. The zero-order valence-electron chi connectivity index (χ0n) is 19.2. The molecule has 1 aromatic heterocycles. The summed E-state index contributed by atoms with van der Waals surface area (Å²) in [5.74, 6) is -0.835. The van der Waals surface area contributed by atoms with Crippen LogP contribution >= 0.6 is 0 Å². The van der Waals surface area contributed by atoms with Crippen LogP contribution in [0.2, 0.25) is 0 Å². The summed E-state index contributed by atoms with van der Waals surface area (Å²) < 4.78 is 28.8. The molecule has 2 aliphatic rings. The number of likely N-dealkylation sites (N-methyl/N-ethyl adjacent to an activating group) is 1. The number of carbonyl (C=O) groups excluding carboxylic acids is 1. The normalized spacial score (nSPS) is 24.7. The fourth-order valence-electron chi connectivity index (χ4n) is 6.17. The second kappa shape index (κ2) is 8.18. The van der Waals surface area contributed by atoms with E-state index < -0.39 is 29.2 Å². The molecule has 172 valence electrons. The van der Waals surface area contributed by atoms with Crippen molar-refractivity contribution in [1.82, 2.24) is 15.1 Å². The number of halogens is 2. The van der Waals surface area contributed by atoms with Crippen LogP contribution in [-0.2, 0) is 16.6 Å². The Labute approximate surface area is 187 Å². The quantitative estimate of drug-likeness (QED) is 0.724. The Bertz CT molecular complexity index is 1020. The van der Waals surface area contributed by atoms with Gasteiger partial charge in [-0.25, -0.2) is 8.78 Å². The number of aliphatic hydroxyl groups is 1. The zero-order chi connectivity index (χ0) is 23.3. The SMILES string of the molecule is CCN(C(=O)CO)C(C)(C)[C@@]1(C2CC2C)CCCc2cc(-c3c(F)cccc3F)nnc21. The van der Waals surface area contributed by atoms with Gasteiger partial charge in [-0.1, -0.05) is 13.0 Å². The molecule has 7 heteroatoms. The van der Waals surface area contributed by atoms with Crippen molar-refractivity contribution in [2.24, 2.45) is 11.8 Å². The van der Waals surface area contributed by atoms with Crippen molar-refractivity contribution < 1.29 is 18.7 Å². The van der Waals surface area contributed by atoms with Gasteiger partial charge >= 0.3 is 0 Å². The molecule has 1 fully saturated rings. The van der Waals surface area contributed by atoms with Crippen LogP contribution in [0.5, 0.6) is 0 Å². The monoisotopic (exact) mass is 443 g/mol. The highest BCUT2D eigenvalue weighted by molar-refractivity contribution is 5.78. The van der Waals surface area contributed by atoms with Gasteiger partial charge in [0.15, 0.2) is 0 Å². The first-order chi connectivity index (χ1) is 15.2. The maximum atomic E-state index is 14.4. The van der Waals surface area contributed by atoms with Gasteiger partial charge in [-0.15, -0.1) is 0 Å². The highest BCUT2D eigenvalue weighted by Gasteiger charge is 2.63. The number of aromatic nitrogens is 2. The first-order valence-electron chi connectivity index (χ1n) is 11.4. The number of nitrogens with zero attached hydrogens (tertiary/aromatic N) is 3. The van der Waals surface area contributed by atoms with Crippen molar-refractivity contribution in [1.29, 1.82) is 0 Å². The van der Waals surface area contributed by atoms with E-state index in [1.165, 1.54) is 18.2 Å². The van der Waals surface area contributed by atoms with Gasteiger partial charge in [0.2, 0.25) is 5.91 Å². The molecule has 2 aromatic rings. The predicted molar refractivity (Wildman–Crippen MR) is 118 cm³/mol. The summed E-state index contributed by atoms with van der Waals surface area (Å²) in [4.78, 5) is 14.4. The number of carbonyl (C=O) groups is 1. The van der Waals surface area contributed by atoms with Gasteiger partial charge in [0.05, 0.1) is 17.0 Å². The van der Waals surface area contributed by atoms with Gasteiger partial charge in [0.25, 0.3) is 0 Å². The number of aryl methyl sites for hydroxylation is 1. The summed E-state index contributed by atoms with van der Waals surface area (Å²) in [7, 11) is 0. The van der Waals surface area contributed by atoms with E-state index in [-0.39, 0.29) is 17.2 Å². The van der Waals surface area contributed by atoms with Gasteiger partial charge in [-0.3, -0.25) is 4.79 Å². The Kier molecular flexibility index (Phi) is 5.82. The molecular formula is C25H31F2N3O2. The smallest absolute Gasteiger partial charge is 0.248 e. The minimum atomic E-state index is -0.664. The highest BCUT2D eigenvalue weighted by atomic mass is 19.1. The van der Waals surface area contributed by atoms with Crippen molar-refractivity contribution in [3.8, 4) is 11.3 Å². The van der Waals surface area contributed by atoms with Crippen LogP contribution < -0.4 is 0 Å². The van der Waals surface area contributed by atoms with Crippen LogP contribution in [0.3, 0.4) is 0 Å². The third kappa shape index (κ3) is 3.33. The van der Waals surface area contributed by atoms with E-state index in [1.54, 1.807) is 11.0 Å². The predicted octanol–water partition coefficient (Wildman–Crippen LogP) is 4.27. The van der Waals surface area contributed by atoms with Gasteiger partial charge in [0, 0.05) is 17.5 Å². The van der Waals surface area contributed by atoms with Crippen LogP contribution in [0.4, 0.5) is 8.78 Å². The average Bonchev–Trinajstić information content (AvgIpc) is 3.49. The van der Waals surface area contributed by atoms with Gasteiger partial charge < -0.3 is 10.0 Å². The Hall–Kier alpha value is -2.41. The number of hydrogen-bond donors (Lipinski definition) is 1. The molecule has 0 spiro atoms. The molecule has 1 heterocycles. The van der Waals surface area contributed by atoms with Crippen LogP contribution in [0, 0.1) is 23.5 Å². The summed E-state index contributed by atoms with van der Waals surface area (Å²) in [5, 5.41) is 18.5. The van der Waals surface area contributed by atoms with Crippen molar-refractivity contribution >= 4 is 5.91 Å². The van der Waals surface area contributed by atoms with Gasteiger partial charge in [-0.05, 0) is 82.1 Å². The Morgan fingerprint density at radius 1 is 1.28 bits per heavy atom. The number of hydrogen-bond acceptors (Lipinski definition) is 4. The van der Waals surface area contributed by atoms with Crippen LogP contribution in [0.15, 0.2) is 24.3 Å². The Morgan fingerprint density at radius 3 is 2.50 bits per heavy atom. The second-order valence-corrected chi connectivity index (χ2v) is 9.70. The van der Waals surface area contributed by atoms with Crippen molar-refractivity contribution in [2.75, 3.05) is 13.2 Å². The zero-order valence-corrected chi connectivity index (χ0v) is 19.2. The molecule has 1 N–H and O–H groups in total.